The van der Waals surface area contributed by atoms with Crippen LogP contribution in [0, 0.1) is 0 Å². The Labute approximate surface area is 292 Å². The van der Waals surface area contributed by atoms with Gasteiger partial charge in [0.05, 0.1) is 11.0 Å². The number of hydrogen-bond acceptors (Lipinski definition) is 4. The first-order valence-electron chi connectivity index (χ1n) is 16.7. The van der Waals surface area contributed by atoms with Gasteiger partial charge in [0, 0.05) is 53.3 Å². The zero-order valence-corrected chi connectivity index (χ0v) is 27.7. The lowest BCUT2D eigenvalue weighted by molar-refractivity contribution is 1.07. The van der Waals surface area contributed by atoms with E-state index in [1.54, 1.807) is 0 Å². The van der Waals surface area contributed by atoms with Crippen molar-refractivity contribution < 1.29 is 0 Å². The summed E-state index contributed by atoms with van der Waals surface area (Å²) >= 11 is 1.82. The fraction of sp³-hybridized carbons (Fsp3) is 0. The minimum atomic E-state index is 0.652. The molecule has 5 heteroatoms. The molecule has 7 aromatic carbocycles. The second-order valence-corrected chi connectivity index (χ2v) is 13.6. The summed E-state index contributed by atoms with van der Waals surface area (Å²) in [5.41, 5.74) is 8.79. The minimum absolute atomic E-state index is 0.652. The van der Waals surface area contributed by atoms with Crippen LogP contribution in [0.2, 0.25) is 0 Å². The molecule has 0 bridgehead atoms. The van der Waals surface area contributed by atoms with Crippen LogP contribution in [0.15, 0.2) is 170 Å². The molecule has 0 spiro atoms. The molecule has 3 heterocycles. The van der Waals surface area contributed by atoms with Crippen LogP contribution in [-0.2, 0) is 0 Å². The Morgan fingerprint density at radius 3 is 1.50 bits per heavy atom. The van der Waals surface area contributed by atoms with Crippen LogP contribution in [0.4, 0.5) is 0 Å². The summed E-state index contributed by atoms with van der Waals surface area (Å²) in [6.07, 6.45) is 0. The fourth-order valence-corrected chi connectivity index (χ4v) is 8.16. The number of aromatic nitrogens is 4. The van der Waals surface area contributed by atoms with E-state index in [0.29, 0.717) is 17.5 Å². The Kier molecular flexibility index (Phi) is 6.64. The van der Waals surface area contributed by atoms with Crippen molar-refractivity contribution in [2.45, 2.75) is 0 Å². The maximum atomic E-state index is 5.06. The highest BCUT2D eigenvalue weighted by Gasteiger charge is 2.16. The maximum absolute atomic E-state index is 5.06. The SMILES string of the molecule is c1ccc(-c2ccc(-c3nc(-c4ccccc4)nc(-c4ccc5sc6cc(-n7c8ccccc8c8ccccc87)ccc6c5c4)n3)cc2)cc1. The van der Waals surface area contributed by atoms with Gasteiger partial charge in [-0.1, -0.05) is 127 Å². The van der Waals surface area contributed by atoms with Gasteiger partial charge in [-0.25, -0.2) is 15.0 Å². The predicted molar refractivity (Wildman–Crippen MR) is 209 cm³/mol. The molecular formula is C45H28N4S. The first kappa shape index (κ1) is 28.6. The zero-order chi connectivity index (χ0) is 33.0. The molecule has 234 valence electrons. The molecule has 0 saturated heterocycles. The zero-order valence-electron chi connectivity index (χ0n) is 26.9. The van der Waals surface area contributed by atoms with Gasteiger partial charge in [0.1, 0.15) is 0 Å². The van der Waals surface area contributed by atoms with E-state index in [-0.39, 0.29) is 0 Å². The number of thiophene rings is 1. The number of para-hydroxylation sites is 2. The second-order valence-electron chi connectivity index (χ2n) is 12.5. The quantitative estimate of drug-likeness (QED) is 0.185. The van der Waals surface area contributed by atoms with E-state index in [1.807, 2.05) is 47.7 Å². The number of benzene rings is 7. The monoisotopic (exact) mass is 656 g/mol. The first-order valence-corrected chi connectivity index (χ1v) is 17.5. The molecule has 0 atom stereocenters. The Morgan fingerprint density at radius 1 is 0.340 bits per heavy atom. The summed E-state index contributed by atoms with van der Waals surface area (Å²) in [6.45, 7) is 0. The van der Waals surface area contributed by atoms with Crippen LogP contribution < -0.4 is 0 Å². The van der Waals surface area contributed by atoms with E-state index in [2.05, 4.69) is 138 Å². The lowest BCUT2D eigenvalue weighted by Crippen LogP contribution is -2.00. The van der Waals surface area contributed by atoms with Crippen LogP contribution in [0.1, 0.15) is 0 Å². The summed E-state index contributed by atoms with van der Waals surface area (Å²) in [4.78, 5) is 15.0. The molecule has 0 radical (unpaired) electrons. The van der Waals surface area contributed by atoms with E-state index in [0.717, 1.165) is 27.9 Å². The Hall–Kier alpha value is -6.43. The van der Waals surface area contributed by atoms with Gasteiger partial charge in [0.15, 0.2) is 17.5 Å². The summed E-state index contributed by atoms with van der Waals surface area (Å²) in [5.74, 6) is 1.97. The van der Waals surface area contributed by atoms with Gasteiger partial charge in [-0.15, -0.1) is 11.3 Å². The van der Waals surface area contributed by atoms with E-state index >= 15 is 0 Å². The lowest BCUT2D eigenvalue weighted by atomic mass is 10.0. The third-order valence-electron chi connectivity index (χ3n) is 9.47. The smallest absolute Gasteiger partial charge is 0.164 e. The Bertz CT molecular complexity index is 2800. The van der Waals surface area contributed by atoms with Crippen LogP contribution in [0.25, 0.3) is 93.0 Å². The van der Waals surface area contributed by atoms with Crippen molar-refractivity contribution in [3.05, 3.63) is 170 Å². The summed E-state index contributed by atoms with van der Waals surface area (Å²) < 4.78 is 4.86. The van der Waals surface area contributed by atoms with Crippen LogP contribution in [0.3, 0.4) is 0 Å². The van der Waals surface area contributed by atoms with Crippen molar-refractivity contribution in [2.24, 2.45) is 0 Å². The minimum Gasteiger partial charge on any atom is -0.309 e. The highest BCUT2D eigenvalue weighted by Crippen LogP contribution is 2.39. The maximum Gasteiger partial charge on any atom is 0.164 e. The molecule has 4 nitrogen and oxygen atoms in total. The molecule has 0 aliphatic carbocycles. The van der Waals surface area contributed by atoms with Crippen LogP contribution in [0.5, 0.6) is 0 Å². The number of hydrogen-bond donors (Lipinski definition) is 0. The molecule has 0 aliphatic rings. The molecule has 0 aliphatic heterocycles. The summed E-state index contributed by atoms with van der Waals surface area (Å²) in [7, 11) is 0. The molecular weight excluding hydrogens is 629 g/mol. The standard InChI is InChI=1S/C45H28N4S/c1-3-11-29(12-4-1)30-19-21-32(22-20-30)44-46-43(31-13-5-2-6-14-31)47-45(48-44)33-23-26-41-38(27-33)37-25-24-34(28-42(37)50-41)49-39-17-9-7-15-35(39)36-16-8-10-18-40(36)49/h1-28H. The van der Waals surface area contributed by atoms with Crippen molar-refractivity contribution in [1.29, 1.82) is 0 Å². The van der Waals surface area contributed by atoms with Gasteiger partial charge in [0.2, 0.25) is 0 Å². The van der Waals surface area contributed by atoms with Crippen molar-refractivity contribution in [3.63, 3.8) is 0 Å². The Morgan fingerprint density at radius 2 is 0.840 bits per heavy atom. The topological polar surface area (TPSA) is 43.6 Å². The lowest BCUT2D eigenvalue weighted by Gasteiger charge is -2.09. The average molecular weight is 657 g/mol. The molecule has 10 aromatic rings. The summed E-state index contributed by atoms with van der Waals surface area (Å²) in [6, 6.07) is 59.7. The molecule has 0 N–H and O–H groups in total. The van der Waals surface area contributed by atoms with Gasteiger partial charge < -0.3 is 4.57 Å². The highest BCUT2D eigenvalue weighted by atomic mass is 32.1. The fourth-order valence-electron chi connectivity index (χ4n) is 7.04. The van der Waals surface area contributed by atoms with Crippen molar-refractivity contribution in [3.8, 4) is 51.0 Å². The van der Waals surface area contributed by atoms with E-state index in [1.165, 1.54) is 47.5 Å². The molecule has 0 fully saturated rings. The van der Waals surface area contributed by atoms with Gasteiger partial charge >= 0.3 is 0 Å². The largest absolute Gasteiger partial charge is 0.309 e. The molecule has 3 aromatic heterocycles. The Balaban J connectivity index is 1.09. The average Bonchev–Trinajstić information content (AvgIpc) is 3.73. The molecule has 0 amide bonds. The third-order valence-corrected chi connectivity index (χ3v) is 10.6. The molecule has 0 unspecified atom stereocenters. The highest BCUT2D eigenvalue weighted by molar-refractivity contribution is 7.25. The van der Waals surface area contributed by atoms with E-state index in [9.17, 15) is 0 Å². The third kappa shape index (κ3) is 4.79. The first-order chi connectivity index (χ1) is 24.8. The van der Waals surface area contributed by atoms with Crippen molar-refractivity contribution in [1.82, 2.24) is 19.5 Å². The van der Waals surface area contributed by atoms with Crippen LogP contribution >= 0.6 is 11.3 Å². The van der Waals surface area contributed by atoms with Gasteiger partial charge in [0.25, 0.3) is 0 Å². The molecule has 50 heavy (non-hydrogen) atoms. The van der Waals surface area contributed by atoms with Gasteiger partial charge in [-0.3, -0.25) is 0 Å². The van der Waals surface area contributed by atoms with Crippen molar-refractivity contribution in [2.75, 3.05) is 0 Å². The summed E-state index contributed by atoms with van der Waals surface area (Å²) in [5, 5.41) is 4.96. The van der Waals surface area contributed by atoms with E-state index < -0.39 is 0 Å². The molecule has 0 saturated carbocycles. The predicted octanol–water partition coefficient (Wildman–Crippen LogP) is 12.0. The van der Waals surface area contributed by atoms with Gasteiger partial charge in [-0.2, -0.15) is 0 Å². The van der Waals surface area contributed by atoms with Gasteiger partial charge in [-0.05, 0) is 53.6 Å². The normalized spacial score (nSPS) is 11.6. The van der Waals surface area contributed by atoms with Crippen molar-refractivity contribution >= 4 is 53.3 Å². The number of nitrogens with zero attached hydrogens (tertiary/aromatic N) is 4. The second kappa shape index (κ2) is 11.6. The number of fused-ring (bicyclic) bond motifs is 6. The number of rotatable bonds is 5. The van der Waals surface area contributed by atoms with E-state index in [4.69, 9.17) is 15.0 Å². The molecule has 10 rings (SSSR count). The van der Waals surface area contributed by atoms with Crippen LogP contribution in [-0.4, -0.2) is 19.5 Å².